The number of allylic oxidation sites excluding steroid dienone is 2. The molecular weight excluding hydrogens is 192 g/mol. The lowest BCUT2D eigenvalue weighted by Crippen LogP contribution is -1.81. The molecule has 0 saturated heterocycles. The van der Waals surface area contributed by atoms with E-state index in [1.54, 1.807) is 5.57 Å². The zero-order valence-electron chi connectivity index (χ0n) is 11.9. The van der Waals surface area contributed by atoms with Crippen molar-refractivity contribution in [3.63, 3.8) is 0 Å². The lowest BCUT2D eigenvalue weighted by Gasteiger charge is -2.02. The molecule has 0 radical (unpaired) electrons. The van der Waals surface area contributed by atoms with Crippen molar-refractivity contribution < 1.29 is 0 Å². The van der Waals surface area contributed by atoms with Gasteiger partial charge in [-0.05, 0) is 25.7 Å². The van der Waals surface area contributed by atoms with Crippen LogP contribution in [0.25, 0.3) is 0 Å². The van der Waals surface area contributed by atoms with E-state index >= 15 is 0 Å². The molecule has 0 saturated carbocycles. The molecule has 96 valence electrons. The highest BCUT2D eigenvalue weighted by atomic mass is 14.0. The highest BCUT2D eigenvalue weighted by Crippen LogP contribution is 2.12. The van der Waals surface area contributed by atoms with Crippen LogP contribution in [0.15, 0.2) is 11.6 Å². The summed E-state index contributed by atoms with van der Waals surface area (Å²) in [6, 6.07) is 0. The molecule has 0 nitrogen and oxygen atoms in total. The molecule has 0 aromatic carbocycles. The van der Waals surface area contributed by atoms with Crippen molar-refractivity contribution in [3.05, 3.63) is 11.6 Å². The van der Waals surface area contributed by atoms with Crippen LogP contribution in [-0.4, -0.2) is 0 Å². The molecule has 0 heteroatoms. The molecule has 0 amide bonds. The maximum absolute atomic E-state index is 2.47. The fourth-order valence-corrected chi connectivity index (χ4v) is 2.12. The average molecular weight is 224 g/mol. The molecule has 0 aliphatic carbocycles. The highest BCUT2D eigenvalue weighted by Gasteiger charge is 1.92. The molecule has 0 rings (SSSR count). The van der Waals surface area contributed by atoms with Crippen molar-refractivity contribution in [3.8, 4) is 0 Å². The predicted molar refractivity (Wildman–Crippen MR) is 75.9 cm³/mol. The molecule has 16 heavy (non-hydrogen) atoms. The van der Waals surface area contributed by atoms with Crippen LogP contribution in [0.3, 0.4) is 0 Å². The fourth-order valence-electron chi connectivity index (χ4n) is 2.12. The summed E-state index contributed by atoms with van der Waals surface area (Å²) >= 11 is 0. The minimum absolute atomic E-state index is 1.24. The van der Waals surface area contributed by atoms with E-state index in [0.29, 0.717) is 0 Å². The molecule has 0 fully saturated rings. The van der Waals surface area contributed by atoms with Gasteiger partial charge in [-0.15, -0.1) is 0 Å². The van der Waals surface area contributed by atoms with Crippen molar-refractivity contribution in [2.75, 3.05) is 0 Å². The van der Waals surface area contributed by atoms with E-state index in [1.807, 2.05) is 0 Å². The van der Waals surface area contributed by atoms with Crippen molar-refractivity contribution in [2.24, 2.45) is 0 Å². The van der Waals surface area contributed by atoms with E-state index < -0.39 is 0 Å². The van der Waals surface area contributed by atoms with Gasteiger partial charge in [-0.2, -0.15) is 0 Å². The van der Waals surface area contributed by atoms with Crippen molar-refractivity contribution in [2.45, 2.75) is 91.4 Å². The predicted octanol–water partition coefficient (Wildman–Crippen LogP) is 6.26. The molecule has 0 aliphatic heterocycles. The van der Waals surface area contributed by atoms with Gasteiger partial charge in [-0.25, -0.2) is 0 Å². The molecule has 0 aromatic rings. The normalized spacial score (nSPS) is 10.4. The third kappa shape index (κ3) is 10.3. The Labute approximate surface area is 104 Å². The Hall–Kier alpha value is -0.260. The second-order valence-electron chi connectivity index (χ2n) is 4.83. The Morgan fingerprint density at radius 2 is 1.19 bits per heavy atom. The molecule has 0 atom stereocenters. The summed E-state index contributed by atoms with van der Waals surface area (Å²) in [5.74, 6) is 0. The number of hydrogen-bond acceptors (Lipinski definition) is 0. The first kappa shape index (κ1) is 15.7. The van der Waals surface area contributed by atoms with E-state index in [4.69, 9.17) is 0 Å². The minimum atomic E-state index is 1.24. The van der Waals surface area contributed by atoms with Crippen molar-refractivity contribution in [1.82, 2.24) is 0 Å². The van der Waals surface area contributed by atoms with Crippen LogP contribution in [0.5, 0.6) is 0 Å². The summed E-state index contributed by atoms with van der Waals surface area (Å²) in [7, 11) is 0. The largest absolute Gasteiger partial charge is 0.0854 e. The summed E-state index contributed by atoms with van der Waals surface area (Å²) in [5, 5.41) is 0. The van der Waals surface area contributed by atoms with E-state index in [2.05, 4.69) is 26.8 Å². The SMILES string of the molecule is CCCCCCCCCCC=C(CC)CC. The first-order valence-corrected chi connectivity index (χ1v) is 7.53. The summed E-state index contributed by atoms with van der Waals surface area (Å²) in [6.45, 7) is 6.82. The van der Waals surface area contributed by atoms with Crippen LogP contribution in [-0.2, 0) is 0 Å². The van der Waals surface area contributed by atoms with E-state index in [9.17, 15) is 0 Å². The van der Waals surface area contributed by atoms with Gasteiger partial charge in [-0.1, -0.05) is 77.4 Å². The first-order valence-electron chi connectivity index (χ1n) is 7.53. The third-order valence-electron chi connectivity index (χ3n) is 3.40. The third-order valence-corrected chi connectivity index (χ3v) is 3.40. The molecule has 0 spiro atoms. The molecule has 0 unspecified atom stereocenters. The summed E-state index contributed by atoms with van der Waals surface area (Å²) in [6.07, 6.45) is 17.7. The van der Waals surface area contributed by atoms with Gasteiger partial charge < -0.3 is 0 Å². The fraction of sp³-hybridized carbons (Fsp3) is 0.875. The van der Waals surface area contributed by atoms with Gasteiger partial charge in [0.15, 0.2) is 0 Å². The summed E-state index contributed by atoms with van der Waals surface area (Å²) in [4.78, 5) is 0. The van der Waals surface area contributed by atoms with Crippen LogP contribution in [0, 0.1) is 0 Å². The Balaban J connectivity index is 3.17. The van der Waals surface area contributed by atoms with Crippen LogP contribution in [0.4, 0.5) is 0 Å². The van der Waals surface area contributed by atoms with Gasteiger partial charge >= 0.3 is 0 Å². The van der Waals surface area contributed by atoms with Crippen molar-refractivity contribution in [1.29, 1.82) is 0 Å². The van der Waals surface area contributed by atoms with Gasteiger partial charge in [0.25, 0.3) is 0 Å². The zero-order chi connectivity index (χ0) is 12.1. The second kappa shape index (κ2) is 12.8. The van der Waals surface area contributed by atoms with Gasteiger partial charge in [-0.3, -0.25) is 0 Å². The van der Waals surface area contributed by atoms with Crippen LogP contribution >= 0.6 is 0 Å². The topological polar surface area (TPSA) is 0 Å². The lowest BCUT2D eigenvalue weighted by molar-refractivity contribution is 0.577. The summed E-state index contributed by atoms with van der Waals surface area (Å²) < 4.78 is 0. The molecule has 0 heterocycles. The quantitative estimate of drug-likeness (QED) is 0.287. The number of unbranched alkanes of at least 4 members (excludes halogenated alkanes) is 8. The van der Waals surface area contributed by atoms with E-state index in [0.717, 1.165) is 0 Å². The zero-order valence-corrected chi connectivity index (χ0v) is 11.9. The Morgan fingerprint density at radius 3 is 1.69 bits per heavy atom. The van der Waals surface area contributed by atoms with E-state index in [-0.39, 0.29) is 0 Å². The van der Waals surface area contributed by atoms with E-state index in [1.165, 1.54) is 70.6 Å². The molecule has 0 aromatic heterocycles. The molecule has 0 aliphatic rings. The minimum Gasteiger partial charge on any atom is -0.0854 e. The molecule has 0 bridgehead atoms. The van der Waals surface area contributed by atoms with Gasteiger partial charge in [0.05, 0.1) is 0 Å². The molecular formula is C16H32. The number of rotatable bonds is 11. The maximum atomic E-state index is 2.47. The average Bonchev–Trinajstić information content (AvgIpc) is 2.32. The smallest absolute Gasteiger partial charge is 0.0348 e. The highest BCUT2D eigenvalue weighted by molar-refractivity contribution is 4.99. The molecule has 0 N–H and O–H groups in total. The number of hydrogen-bond donors (Lipinski definition) is 0. The first-order chi connectivity index (χ1) is 7.85. The van der Waals surface area contributed by atoms with Crippen molar-refractivity contribution >= 4 is 0 Å². The Kier molecular flexibility index (Phi) is 12.6. The van der Waals surface area contributed by atoms with Gasteiger partial charge in [0.2, 0.25) is 0 Å². The standard InChI is InChI=1S/C16H32/c1-4-7-8-9-10-11-12-13-14-15-16(5-2)6-3/h15H,4-14H2,1-3H3. The van der Waals surface area contributed by atoms with Gasteiger partial charge in [0, 0.05) is 0 Å². The second-order valence-corrected chi connectivity index (χ2v) is 4.83. The Morgan fingerprint density at radius 1 is 0.688 bits per heavy atom. The maximum Gasteiger partial charge on any atom is -0.0348 e. The lowest BCUT2D eigenvalue weighted by atomic mass is 10.1. The van der Waals surface area contributed by atoms with Gasteiger partial charge in [0.1, 0.15) is 0 Å². The monoisotopic (exact) mass is 224 g/mol. The Bertz CT molecular complexity index is 149. The van der Waals surface area contributed by atoms with Crippen LogP contribution < -0.4 is 0 Å². The van der Waals surface area contributed by atoms with Crippen LogP contribution in [0.2, 0.25) is 0 Å². The van der Waals surface area contributed by atoms with Crippen LogP contribution in [0.1, 0.15) is 91.4 Å². The summed E-state index contributed by atoms with van der Waals surface area (Å²) in [5.41, 5.74) is 1.64.